The van der Waals surface area contributed by atoms with Gasteiger partial charge in [0.2, 0.25) is 0 Å². The Morgan fingerprint density at radius 3 is 2.45 bits per heavy atom. The van der Waals surface area contributed by atoms with Crippen LogP contribution in [0, 0.1) is 0 Å². The summed E-state index contributed by atoms with van der Waals surface area (Å²) in [5.41, 5.74) is 0.837. The van der Waals surface area contributed by atoms with Gasteiger partial charge in [0.05, 0.1) is 12.2 Å². The molecule has 0 aliphatic carbocycles. The third kappa shape index (κ3) is 4.32. The number of urea groups is 1. The molecule has 1 N–H and O–H groups in total. The predicted octanol–water partition coefficient (Wildman–Crippen LogP) is 4.38. The quantitative estimate of drug-likeness (QED) is 0.807. The fourth-order valence-electron chi connectivity index (χ4n) is 3.89. The molecule has 4 rings (SSSR count). The average molecular weight is 405 g/mol. The van der Waals surface area contributed by atoms with Gasteiger partial charge < -0.3 is 15.0 Å². The molecule has 0 aromatic heterocycles. The molecule has 0 saturated carbocycles. The molecule has 8 heteroatoms. The van der Waals surface area contributed by atoms with E-state index in [2.05, 4.69) is 10.2 Å². The van der Waals surface area contributed by atoms with Gasteiger partial charge in [-0.05, 0) is 24.3 Å². The lowest BCUT2D eigenvalue weighted by Gasteiger charge is -2.41. The van der Waals surface area contributed by atoms with Crippen molar-refractivity contribution < 1.29 is 22.7 Å². The van der Waals surface area contributed by atoms with E-state index in [4.69, 9.17) is 4.74 Å². The first-order valence-corrected chi connectivity index (χ1v) is 9.61. The summed E-state index contributed by atoms with van der Waals surface area (Å²) in [6.45, 7) is 2.83. The monoisotopic (exact) mass is 405 g/mol. The minimum absolute atomic E-state index is 0.000341. The number of rotatable bonds is 2. The van der Waals surface area contributed by atoms with Crippen LogP contribution in [0.4, 0.5) is 23.7 Å². The number of halogens is 3. The van der Waals surface area contributed by atoms with Crippen LogP contribution in [0.3, 0.4) is 0 Å². The topological polar surface area (TPSA) is 44.8 Å². The van der Waals surface area contributed by atoms with Gasteiger partial charge in [-0.2, -0.15) is 13.2 Å². The first kappa shape index (κ1) is 19.6. The van der Waals surface area contributed by atoms with Gasteiger partial charge in [0.25, 0.3) is 0 Å². The highest BCUT2D eigenvalue weighted by Crippen LogP contribution is 2.40. The van der Waals surface area contributed by atoms with Crippen molar-refractivity contribution in [3.8, 4) is 5.75 Å². The van der Waals surface area contributed by atoms with Crippen molar-refractivity contribution in [2.45, 2.75) is 18.6 Å². The Balaban J connectivity index is 1.40. The van der Waals surface area contributed by atoms with Gasteiger partial charge in [0.15, 0.2) is 0 Å². The Labute approximate surface area is 167 Å². The number of hydrogen-bond acceptors (Lipinski definition) is 3. The molecule has 1 fully saturated rings. The van der Waals surface area contributed by atoms with Crippen molar-refractivity contribution in [3.05, 3.63) is 59.7 Å². The first-order valence-electron chi connectivity index (χ1n) is 9.61. The Bertz CT molecular complexity index is 865. The molecule has 1 atom stereocenters. The lowest BCUT2D eigenvalue weighted by Crippen LogP contribution is -2.51. The Hall–Kier alpha value is -2.74. The molecular weight excluding hydrogens is 383 g/mol. The lowest BCUT2D eigenvalue weighted by atomic mass is 9.96. The van der Waals surface area contributed by atoms with Crippen molar-refractivity contribution in [2.24, 2.45) is 0 Å². The molecule has 5 nitrogen and oxygen atoms in total. The Kier molecular flexibility index (Phi) is 5.36. The number of piperazine rings is 1. The van der Waals surface area contributed by atoms with E-state index in [1.54, 1.807) is 4.90 Å². The second kappa shape index (κ2) is 7.94. The number of nitrogens with one attached hydrogen (secondary N) is 1. The maximum absolute atomic E-state index is 13.0. The van der Waals surface area contributed by atoms with E-state index in [1.807, 2.05) is 30.3 Å². The number of para-hydroxylation sites is 1. The summed E-state index contributed by atoms with van der Waals surface area (Å²) in [5.74, 6) is 0.306. The third-order valence-corrected chi connectivity index (χ3v) is 5.42. The van der Waals surface area contributed by atoms with E-state index in [0.29, 0.717) is 45.0 Å². The van der Waals surface area contributed by atoms with Crippen molar-refractivity contribution >= 4 is 11.7 Å². The summed E-state index contributed by atoms with van der Waals surface area (Å²) in [6.07, 6.45) is -3.67. The maximum atomic E-state index is 13.0. The normalized spacial score (nSPS) is 20.0. The predicted molar refractivity (Wildman–Crippen MR) is 103 cm³/mol. The van der Waals surface area contributed by atoms with Crippen LogP contribution >= 0.6 is 0 Å². The van der Waals surface area contributed by atoms with Crippen LogP contribution in [0.15, 0.2) is 48.5 Å². The molecule has 1 unspecified atom stereocenters. The van der Waals surface area contributed by atoms with Crippen molar-refractivity contribution in [3.63, 3.8) is 0 Å². The Morgan fingerprint density at radius 1 is 1.03 bits per heavy atom. The molecule has 2 aliphatic rings. The summed E-state index contributed by atoms with van der Waals surface area (Å²) in [7, 11) is 0. The zero-order valence-electron chi connectivity index (χ0n) is 15.8. The van der Waals surface area contributed by atoms with Crippen LogP contribution < -0.4 is 10.1 Å². The summed E-state index contributed by atoms with van der Waals surface area (Å²) in [6, 6.07) is 12.9. The summed E-state index contributed by atoms with van der Waals surface area (Å²) in [4.78, 5) is 16.4. The summed E-state index contributed by atoms with van der Waals surface area (Å²) >= 11 is 0. The largest absolute Gasteiger partial charge is 0.493 e. The molecule has 0 spiro atoms. The highest BCUT2D eigenvalue weighted by Gasteiger charge is 2.35. The Morgan fingerprint density at radius 2 is 1.76 bits per heavy atom. The number of anilines is 1. The molecule has 2 aliphatic heterocycles. The van der Waals surface area contributed by atoms with E-state index in [1.165, 1.54) is 6.07 Å². The van der Waals surface area contributed by atoms with Crippen LogP contribution in [0.25, 0.3) is 0 Å². The smallest absolute Gasteiger partial charge is 0.416 e. The fourth-order valence-corrected chi connectivity index (χ4v) is 3.89. The maximum Gasteiger partial charge on any atom is 0.416 e. The van der Waals surface area contributed by atoms with E-state index in [0.717, 1.165) is 23.4 Å². The SMILES string of the molecule is O=C(Nc1ccccc1)N1CCN(C2CCOc3cc(C(F)(F)F)ccc32)CC1. The number of hydrogen-bond donors (Lipinski definition) is 1. The molecule has 2 aromatic rings. The molecule has 29 heavy (non-hydrogen) atoms. The van der Waals surface area contributed by atoms with Gasteiger partial charge in [-0.3, -0.25) is 4.90 Å². The van der Waals surface area contributed by atoms with Gasteiger partial charge in [-0.25, -0.2) is 4.79 Å². The van der Waals surface area contributed by atoms with E-state index in [9.17, 15) is 18.0 Å². The van der Waals surface area contributed by atoms with Crippen LogP contribution in [0.5, 0.6) is 5.75 Å². The van der Waals surface area contributed by atoms with Crippen molar-refractivity contribution in [1.29, 1.82) is 0 Å². The average Bonchev–Trinajstić information content (AvgIpc) is 2.73. The highest BCUT2D eigenvalue weighted by atomic mass is 19.4. The molecule has 0 bridgehead atoms. The van der Waals surface area contributed by atoms with Crippen LogP contribution in [-0.4, -0.2) is 48.6 Å². The minimum Gasteiger partial charge on any atom is -0.493 e. The number of ether oxygens (including phenoxy) is 1. The molecule has 0 radical (unpaired) electrons. The number of carbonyl (C=O) groups excluding carboxylic acids is 1. The highest BCUT2D eigenvalue weighted by molar-refractivity contribution is 5.89. The van der Waals surface area contributed by atoms with Crippen molar-refractivity contribution in [1.82, 2.24) is 9.80 Å². The van der Waals surface area contributed by atoms with Gasteiger partial charge >= 0.3 is 12.2 Å². The fraction of sp³-hybridized carbons (Fsp3) is 0.381. The number of alkyl halides is 3. The number of amides is 2. The molecule has 1 saturated heterocycles. The molecule has 2 aromatic carbocycles. The van der Waals surface area contributed by atoms with Gasteiger partial charge in [0, 0.05) is 49.9 Å². The van der Waals surface area contributed by atoms with Gasteiger partial charge in [0.1, 0.15) is 5.75 Å². The molecule has 2 heterocycles. The minimum atomic E-state index is -4.39. The van der Waals surface area contributed by atoms with E-state index in [-0.39, 0.29) is 12.1 Å². The second-order valence-electron chi connectivity index (χ2n) is 7.22. The molecule has 154 valence electrons. The number of fused-ring (bicyclic) bond motifs is 1. The number of nitrogens with zero attached hydrogens (tertiary/aromatic N) is 2. The zero-order valence-corrected chi connectivity index (χ0v) is 15.8. The molecular formula is C21H22F3N3O2. The molecule has 2 amide bonds. The second-order valence-corrected chi connectivity index (χ2v) is 7.22. The zero-order chi connectivity index (χ0) is 20.4. The van der Waals surface area contributed by atoms with Gasteiger partial charge in [-0.1, -0.05) is 24.3 Å². The van der Waals surface area contributed by atoms with Crippen LogP contribution in [0.2, 0.25) is 0 Å². The van der Waals surface area contributed by atoms with Gasteiger partial charge in [-0.15, -0.1) is 0 Å². The number of carbonyl (C=O) groups is 1. The third-order valence-electron chi connectivity index (χ3n) is 5.42. The summed E-state index contributed by atoms with van der Waals surface area (Å²) < 4.78 is 44.4. The first-order chi connectivity index (χ1) is 13.9. The number of benzene rings is 2. The van der Waals surface area contributed by atoms with E-state index >= 15 is 0 Å². The summed E-state index contributed by atoms with van der Waals surface area (Å²) in [5, 5.41) is 2.88. The standard InChI is InChI=1S/C21H22F3N3O2/c22-21(23,24)15-6-7-17-18(8-13-29-19(17)14-15)26-9-11-27(12-10-26)20(28)25-16-4-2-1-3-5-16/h1-7,14,18H,8-13H2,(H,25,28). The lowest BCUT2D eigenvalue weighted by molar-refractivity contribution is -0.137. The van der Waals surface area contributed by atoms with Crippen LogP contribution in [-0.2, 0) is 6.18 Å². The van der Waals surface area contributed by atoms with Crippen molar-refractivity contribution in [2.75, 3.05) is 38.1 Å². The van der Waals surface area contributed by atoms with E-state index < -0.39 is 11.7 Å². The van der Waals surface area contributed by atoms with Crippen LogP contribution in [0.1, 0.15) is 23.6 Å².